The molecule has 0 bridgehead atoms. The van der Waals surface area contributed by atoms with E-state index in [2.05, 4.69) is 31.0 Å². The third-order valence-corrected chi connectivity index (χ3v) is 11.1. The van der Waals surface area contributed by atoms with Crippen molar-refractivity contribution in [3.05, 3.63) is 40.9 Å². The molecule has 41 heavy (non-hydrogen) atoms. The van der Waals surface area contributed by atoms with Crippen LogP contribution in [0.2, 0.25) is 0 Å². The predicted molar refractivity (Wildman–Crippen MR) is 164 cm³/mol. The van der Waals surface area contributed by atoms with E-state index in [4.69, 9.17) is 4.98 Å². The molecule has 0 radical (unpaired) electrons. The number of hydrogen-bond donors (Lipinski definition) is 1. The molecule has 0 unspecified atom stereocenters. The lowest BCUT2D eigenvalue weighted by atomic mass is 9.90. The van der Waals surface area contributed by atoms with Gasteiger partial charge in [-0.1, -0.05) is 32.4 Å². The minimum atomic E-state index is -2.98. The van der Waals surface area contributed by atoms with E-state index in [0.29, 0.717) is 44.0 Å². The molecule has 1 aliphatic carbocycles. The van der Waals surface area contributed by atoms with Crippen LogP contribution < -0.4 is 5.32 Å². The van der Waals surface area contributed by atoms with E-state index < -0.39 is 15.8 Å². The number of rotatable bonds is 14. The molecule has 1 saturated carbocycles. The van der Waals surface area contributed by atoms with Gasteiger partial charge in [-0.05, 0) is 56.2 Å². The molecule has 1 aromatic heterocycles. The standard InChI is InChI=1S/C31H43N3O5S2/c1-4-23-9-10-27-29(18-23)40-30(32-27)19-25(17-22(3)35)31(37)33-26(24-7-5-6-8-24)11-12-28(36)21(2)20-34-13-15-41(38,39)16-14-34/h9-10,18,24-26H,2,4-8,11-17,19-20H2,1,3H3,(H,33,37)/t25-,26+/m0/s1. The number of thiazole rings is 1. The van der Waals surface area contributed by atoms with Gasteiger partial charge in [0.05, 0.1) is 32.6 Å². The number of benzene rings is 1. The first-order valence-electron chi connectivity index (χ1n) is 14.8. The lowest BCUT2D eigenvalue weighted by Gasteiger charge is -2.28. The van der Waals surface area contributed by atoms with E-state index in [9.17, 15) is 22.8 Å². The number of Topliss-reactive ketones (excluding diaryl/α,β-unsaturated/α-hetero) is 2. The molecule has 2 aliphatic rings. The fraction of sp³-hybridized carbons (Fsp3) is 0.613. The normalized spacial score (nSPS) is 19.2. The smallest absolute Gasteiger partial charge is 0.224 e. The van der Waals surface area contributed by atoms with Crippen molar-refractivity contribution in [1.29, 1.82) is 0 Å². The number of aryl methyl sites for hydroxylation is 1. The van der Waals surface area contributed by atoms with Gasteiger partial charge in [0.2, 0.25) is 5.91 Å². The van der Waals surface area contributed by atoms with Crippen LogP contribution in [0.15, 0.2) is 30.4 Å². The summed E-state index contributed by atoms with van der Waals surface area (Å²) in [6.45, 7) is 8.83. The van der Waals surface area contributed by atoms with Crippen LogP contribution in [0.3, 0.4) is 0 Å². The largest absolute Gasteiger partial charge is 0.353 e. The maximum atomic E-state index is 13.6. The number of nitrogens with one attached hydrogen (secondary N) is 1. The van der Waals surface area contributed by atoms with E-state index in [1.165, 1.54) is 12.5 Å². The van der Waals surface area contributed by atoms with Gasteiger partial charge in [0.15, 0.2) is 15.6 Å². The van der Waals surface area contributed by atoms with Gasteiger partial charge < -0.3 is 10.1 Å². The SMILES string of the molecule is C=C(CN1CCS(=O)(=O)CC1)C(=O)CC[C@@H](NC(=O)[C@@H](CC(C)=O)Cc1nc2ccc(CC)cc2s1)C1CCCC1. The Kier molecular flexibility index (Phi) is 10.9. The van der Waals surface area contributed by atoms with Crippen molar-refractivity contribution in [3.63, 3.8) is 0 Å². The Labute approximate surface area is 247 Å². The lowest BCUT2D eigenvalue weighted by Crippen LogP contribution is -2.44. The second kappa shape index (κ2) is 14.2. The predicted octanol–water partition coefficient (Wildman–Crippen LogP) is 4.31. The van der Waals surface area contributed by atoms with Crippen molar-refractivity contribution < 1.29 is 22.8 Å². The molecule has 1 aromatic carbocycles. The van der Waals surface area contributed by atoms with Gasteiger partial charge in [0, 0.05) is 50.5 Å². The Morgan fingerprint density at radius 3 is 2.54 bits per heavy atom. The van der Waals surface area contributed by atoms with Crippen LogP contribution in [0.25, 0.3) is 10.2 Å². The minimum Gasteiger partial charge on any atom is -0.353 e. The number of aromatic nitrogens is 1. The number of amides is 1. The van der Waals surface area contributed by atoms with Crippen molar-refractivity contribution in [2.45, 2.75) is 77.7 Å². The molecule has 0 spiro atoms. The van der Waals surface area contributed by atoms with Gasteiger partial charge in [0.1, 0.15) is 5.78 Å². The van der Waals surface area contributed by atoms with Crippen LogP contribution >= 0.6 is 11.3 Å². The molecular formula is C31H43N3O5S2. The molecule has 2 fully saturated rings. The van der Waals surface area contributed by atoms with Crippen molar-refractivity contribution >= 4 is 48.9 Å². The molecule has 224 valence electrons. The summed E-state index contributed by atoms with van der Waals surface area (Å²) in [6, 6.07) is 6.09. The minimum absolute atomic E-state index is 0.0334. The van der Waals surface area contributed by atoms with Gasteiger partial charge in [-0.25, -0.2) is 13.4 Å². The molecule has 2 heterocycles. The molecule has 1 saturated heterocycles. The summed E-state index contributed by atoms with van der Waals surface area (Å²) in [5.41, 5.74) is 2.64. The van der Waals surface area contributed by atoms with Gasteiger partial charge in [0.25, 0.3) is 0 Å². The summed E-state index contributed by atoms with van der Waals surface area (Å²) in [7, 11) is -2.98. The number of sulfone groups is 1. The van der Waals surface area contributed by atoms with Gasteiger partial charge >= 0.3 is 0 Å². The molecule has 10 heteroatoms. The molecule has 1 amide bonds. The summed E-state index contributed by atoms with van der Waals surface area (Å²) in [6.07, 6.45) is 6.55. The topological polar surface area (TPSA) is 114 Å². The van der Waals surface area contributed by atoms with E-state index in [-0.39, 0.29) is 47.9 Å². The van der Waals surface area contributed by atoms with E-state index in [1.807, 2.05) is 11.0 Å². The Hall–Kier alpha value is -2.43. The first-order valence-corrected chi connectivity index (χ1v) is 17.5. The zero-order valence-electron chi connectivity index (χ0n) is 24.3. The maximum Gasteiger partial charge on any atom is 0.224 e. The van der Waals surface area contributed by atoms with Crippen molar-refractivity contribution in [2.75, 3.05) is 31.1 Å². The fourth-order valence-electron chi connectivity index (χ4n) is 5.96. The lowest BCUT2D eigenvalue weighted by molar-refractivity contribution is -0.129. The molecule has 2 aromatic rings. The highest BCUT2D eigenvalue weighted by Crippen LogP contribution is 2.31. The average Bonchev–Trinajstić information content (AvgIpc) is 3.60. The highest BCUT2D eigenvalue weighted by atomic mass is 32.2. The molecule has 8 nitrogen and oxygen atoms in total. The van der Waals surface area contributed by atoms with E-state index >= 15 is 0 Å². The number of ketones is 2. The van der Waals surface area contributed by atoms with E-state index in [1.54, 1.807) is 11.3 Å². The second-order valence-electron chi connectivity index (χ2n) is 11.7. The Morgan fingerprint density at radius 1 is 1.17 bits per heavy atom. The number of nitrogens with zero attached hydrogens (tertiary/aromatic N) is 2. The van der Waals surface area contributed by atoms with Gasteiger partial charge in [-0.3, -0.25) is 14.5 Å². The zero-order valence-corrected chi connectivity index (χ0v) is 26.0. The first kappa shape index (κ1) is 31.5. The van der Waals surface area contributed by atoms with Crippen LogP contribution in [0.4, 0.5) is 0 Å². The monoisotopic (exact) mass is 601 g/mol. The molecule has 1 N–H and O–H groups in total. The van der Waals surface area contributed by atoms with Crippen LogP contribution in [-0.4, -0.2) is 73.0 Å². The summed E-state index contributed by atoms with van der Waals surface area (Å²) >= 11 is 1.58. The van der Waals surface area contributed by atoms with Crippen LogP contribution in [0.5, 0.6) is 0 Å². The maximum absolute atomic E-state index is 13.6. The number of fused-ring (bicyclic) bond motifs is 1. The van der Waals surface area contributed by atoms with Crippen LogP contribution in [0, 0.1) is 11.8 Å². The zero-order chi connectivity index (χ0) is 29.6. The summed E-state index contributed by atoms with van der Waals surface area (Å²) < 4.78 is 24.5. The first-order chi connectivity index (χ1) is 19.5. The van der Waals surface area contributed by atoms with Crippen molar-refractivity contribution in [3.8, 4) is 0 Å². The van der Waals surface area contributed by atoms with Crippen molar-refractivity contribution in [2.24, 2.45) is 11.8 Å². The van der Waals surface area contributed by atoms with Crippen LogP contribution in [-0.2, 0) is 37.1 Å². The van der Waals surface area contributed by atoms with Gasteiger partial charge in [-0.15, -0.1) is 11.3 Å². The Morgan fingerprint density at radius 2 is 1.88 bits per heavy atom. The second-order valence-corrected chi connectivity index (χ2v) is 15.1. The average molecular weight is 602 g/mol. The number of carbonyl (C=O) groups is 3. The summed E-state index contributed by atoms with van der Waals surface area (Å²) in [5, 5.41) is 4.10. The number of carbonyl (C=O) groups excluding carboxylic acids is 3. The van der Waals surface area contributed by atoms with Gasteiger partial charge in [-0.2, -0.15) is 0 Å². The van der Waals surface area contributed by atoms with E-state index in [0.717, 1.165) is 47.3 Å². The third-order valence-electron chi connectivity index (χ3n) is 8.46. The Bertz CT molecular complexity index is 1360. The fourth-order valence-corrected chi connectivity index (χ4v) is 8.34. The highest BCUT2D eigenvalue weighted by Gasteiger charge is 2.31. The number of hydrogen-bond acceptors (Lipinski definition) is 8. The summed E-state index contributed by atoms with van der Waals surface area (Å²) in [5.74, 6) is -0.202. The highest BCUT2D eigenvalue weighted by molar-refractivity contribution is 7.91. The Balaban J connectivity index is 1.38. The third kappa shape index (κ3) is 9.03. The molecule has 4 rings (SSSR count). The molecule has 2 atom stereocenters. The molecular weight excluding hydrogens is 558 g/mol. The van der Waals surface area contributed by atoms with Crippen molar-refractivity contribution in [1.82, 2.24) is 15.2 Å². The summed E-state index contributed by atoms with van der Waals surface area (Å²) in [4.78, 5) is 45.5. The molecule has 1 aliphatic heterocycles. The van der Waals surface area contributed by atoms with Crippen LogP contribution in [0.1, 0.15) is 69.4 Å². The quantitative estimate of drug-likeness (QED) is 0.321.